The van der Waals surface area contributed by atoms with Crippen LogP contribution in [-0.4, -0.2) is 15.1 Å². The standard InChI is InChI=1S/C14H7ClF2N2O/c15-13-9-6-7(20)4-5-11(9)18-14(19-13)8-2-1-3-10(16)12(8)17/h1-6,20H. The Morgan fingerprint density at radius 3 is 2.65 bits per heavy atom. The number of hydrogen-bond acceptors (Lipinski definition) is 3. The highest BCUT2D eigenvalue weighted by molar-refractivity contribution is 6.34. The molecular weight excluding hydrogens is 286 g/mol. The molecule has 0 saturated carbocycles. The Morgan fingerprint density at radius 2 is 1.85 bits per heavy atom. The molecule has 0 atom stereocenters. The first-order valence-electron chi connectivity index (χ1n) is 5.67. The van der Waals surface area contributed by atoms with E-state index in [0.29, 0.717) is 10.9 Å². The molecule has 6 heteroatoms. The van der Waals surface area contributed by atoms with Crippen molar-refractivity contribution in [3.63, 3.8) is 0 Å². The van der Waals surface area contributed by atoms with Gasteiger partial charge in [-0.3, -0.25) is 0 Å². The predicted molar refractivity (Wildman–Crippen MR) is 71.6 cm³/mol. The lowest BCUT2D eigenvalue weighted by atomic mass is 10.1. The minimum absolute atomic E-state index is 0.00908. The zero-order chi connectivity index (χ0) is 14.3. The lowest BCUT2D eigenvalue weighted by molar-refractivity contribution is 0.476. The van der Waals surface area contributed by atoms with Crippen molar-refractivity contribution in [3.05, 3.63) is 53.2 Å². The van der Waals surface area contributed by atoms with E-state index < -0.39 is 11.6 Å². The van der Waals surface area contributed by atoms with Gasteiger partial charge in [0.1, 0.15) is 10.9 Å². The van der Waals surface area contributed by atoms with Crippen molar-refractivity contribution in [2.75, 3.05) is 0 Å². The first-order chi connectivity index (χ1) is 9.56. The normalized spacial score (nSPS) is 10.9. The second-order valence-corrected chi connectivity index (χ2v) is 4.50. The van der Waals surface area contributed by atoms with Crippen LogP contribution < -0.4 is 0 Å². The highest BCUT2D eigenvalue weighted by atomic mass is 35.5. The summed E-state index contributed by atoms with van der Waals surface area (Å²) in [6, 6.07) is 8.11. The summed E-state index contributed by atoms with van der Waals surface area (Å²) in [5, 5.41) is 9.89. The molecule has 1 aromatic heterocycles. The number of fused-ring (bicyclic) bond motifs is 1. The first-order valence-corrected chi connectivity index (χ1v) is 6.04. The molecule has 20 heavy (non-hydrogen) atoms. The van der Waals surface area contributed by atoms with Crippen molar-refractivity contribution in [2.45, 2.75) is 0 Å². The van der Waals surface area contributed by atoms with E-state index in [1.807, 2.05) is 0 Å². The molecular formula is C14H7ClF2N2O. The van der Waals surface area contributed by atoms with Crippen molar-refractivity contribution in [1.29, 1.82) is 0 Å². The molecule has 3 aromatic rings. The second kappa shape index (κ2) is 4.68. The predicted octanol–water partition coefficient (Wildman–Crippen LogP) is 3.93. The van der Waals surface area contributed by atoms with Gasteiger partial charge in [-0.2, -0.15) is 0 Å². The maximum Gasteiger partial charge on any atom is 0.169 e. The molecule has 0 aliphatic heterocycles. The molecule has 0 spiro atoms. The Balaban J connectivity index is 2.28. The molecule has 1 heterocycles. The number of nitrogens with zero attached hydrogens (tertiary/aromatic N) is 2. The summed E-state index contributed by atoms with van der Waals surface area (Å²) in [7, 11) is 0. The average Bonchev–Trinajstić information content (AvgIpc) is 2.42. The third-order valence-electron chi connectivity index (χ3n) is 2.83. The summed E-state index contributed by atoms with van der Waals surface area (Å²) >= 11 is 6.00. The van der Waals surface area contributed by atoms with Crippen LogP contribution in [0.25, 0.3) is 22.3 Å². The van der Waals surface area contributed by atoms with E-state index in [4.69, 9.17) is 11.6 Å². The molecule has 0 aliphatic carbocycles. The average molecular weight is 293 g/mol. The molecule has 0 unspecified atom stereocenters. The summed E-state index contributed by atoms with van der Waals surface area (Å²) in [5.74, 6) is -1.99. The van der Waals surface area contributed by atoms with Crippen LogP contribution in [-0.2, 0) is 0 Å². The third-order valence-corrected chi connectivity index (χ3v) is 3.11. The quantitative estimate of drug-likeness (QED) is 0.691. The smallest absolute Gasteiger partial charge is 0.169 e. The Hall–Kier alpha value is -2.27. The van der Waals surface area contributed by atoms with Crippen LogP contribution in [0.2, 0.25) is 5.15 Å². The van der Waals surface area contributed by atoms with Crippen LogP contribution in [0, 0.1) is 11.6 Å². The van der Waals surface area contributed by atoms with Gasteiger partial charge in [0.05, 0.1) is 11.1 Å². The number of halogens is 3. The van der Waals surface area contributed by atoms with E-state index >= 15 is 0 Å². The SMILES string of the molecule is Oc1ccc2nc(-c3cccc(F)c3F)nc(Cl)c2c1. The molecule has 0 bridgehead atoms. The van der Waals surface area contributed by atoms with E-state index in [2.05, 4.69) is 9.97 Å². The van der Waals surface area contributed by atoms with Gasteiger partial charge >= 0.3 is 0 Å². The number of hydrogen-bond donors (Lipinski definition) is 1. The fourth-order valence-corrected chi connectivity index (χ4v) is 2.11. The first kappa shape index (κ1) is 12.7. The summed E-state index contributed by atoms with van der Waals surface area (Å²) < 4.78 is 27.0. The van der Waals surface area contributed by atoms with Crippen LogP contribution in [0.5, 0.6) is 5.75 Å². The number of rotatable bonds is 1. The van der Waals surface area contributed by atoms with E-state index in [-0.39, 0.29) is 22.3 Å². The minimum Gasteiger partial charge on any atom is -0.508 e. The Bertz CT molecular complexity index is 824. The second-order valence-electron chi connectivity index (χ2n) is 4.14. The molecule has 0 aliphatic rings. The third kappa shape index (κ3) is 2.06. The summed E-state index contributed by atoms with van der Waals surface area (Å²) in [6.45, 7) is 0. The maximum absolute atomic E-state index is 13.7. The molecule has 0 amide bonds. The lowest BCUT2D eigenvalue weighted by Crippen LogP contribution is -1.96. The van der Waals surface area contributed by atoms with Gasteiger partial charge in [0.15, 0.2) is 17.5 Å². The van der Waals surface area contributed by atoms with Crippen LogP contribution in [0.3, 0.4) is 0 Å². The number of benzene rings is 2. The number of aromatic hydroxyl groups is 1. The maximum atomic E-state index is 13.7. The highest BCUT2D eigenvalue weighted by Gasteiger charge is 2.14. The Labute approximate surface area is 117 Å². The Morgan fingerprint density at radius 1 is 1.05 bits per heavy atom. The monoisotopic (exact) mass is 292 g/mol. The molecule has 100 valence electrons. The number of phenolic OH excluding ortho intramolecular Hbond substituents is 1. The van der Waals surface area contributed by atoms with Crippen molar-refractivity contribution in [2.24, 2.45) is 0 Å². The molecule has 1 N–H and O–H groups in total. The van der Waals surface area contributed by atoms with Crippen LogP contribution in [0.1, 0.15) is 0 Å². The summed E-state index contributed by atoms with van der Waals surface area (Å²) in [4.78, 5) is 8.09. The topological polar surface area (TPSA) is 46.0 Å². The van der Waals surface area contributed by atoms with Crippen LogP contribution in [0.4, 0.5) is 8.78 Å². The molecule has 0 radical (unpaired) electrons. The van der Waals surface area contributed by atoms with Crippen molar-refractivity contribution >= 4 is 22.5 Å². The van der Waals surface area contributed by atoms with Gasteiger partial charge in [0.2, 0.25) is 0 Å². The zero-order valence-corrected chi connectivity index (χ0v) is 10.7. The summed E-state index contributed by atoms with van der Waals surface area (Å²) in [6.07, 6.45) is 0. The van der Waals surface area contributed by atoms with Gasteiger partial charge in [-0.1, -0.05) is 17.7 Å². The van der Waals surface area contributed by atoms with E-state index in [1.165, 1.54) is 30.3 Å². The fourth-order valence-electron chi connectivity index (χ4n) is 1.88. The van der Waals surface area contributed by atoms with E-state index in [9.17, 15) is 13.9 Å². The van der Waals surface area contributed by atoms with Crippen molar-refractivity contribution in [3.8, 4) is 17.1 Å². The van der Waals surface area contributed by atoms with E-state index in [0.717, 1.165) is 6.07 Å². The fraction of sp³-hybridized carbons (Fsp3) is 0. The van der Waals surface area contributed by atoms with Gasteiger partial charge in [0.25, 0.3) is 0 Å². The molecule has 3 nitrogen and oxygen atoms in total. The van der Waals surface area contributed by atoms with Crippen LogP contribution >= 0.6 is 11.6 Å². The van der Waals surface area contributed by atoms with Gasteiger partial charge in [-0.05, 0) is 30.3 Å². The van der Waals surface area contributed by atoms with Gasteiger partial charge in [-0.25, -0.2) is 18.7 Å². The lowest BCUT2D eigenvalue weighted by Gasteiger charge is -2.06. The van der Waals surface area contributed by atoms with E-state index in [1.54, 1.807) is 0 Å². The molecule has 0 saturated heterocycles. The molecule has 0 fully saturated rings. The van der Waals surface area contributed by atoms with Crippen molar-refractivity contribution in [1.82, 2.24) is 9.97 Å². The Kier molecular flexibility index (Phi) is 2.99. The highest BCUT2D eigenvalue weighted by Crippen LogP contribution is 2.28. The largest absolute Gasteiger partial charge is 0.508 e. The molecule has 2 aromatic carbocycles. The molecule has 3 rings (SSSR count). The van der Waals surface area contributed by atoms with Gasteiger partial charge < -0.3 is 5.11 Å². The van der Waals surface area contributed by atoms with Crippen LogP contribution in [0.15, 0.2) is 36.4 Å². The van der Waals surface area contributed by atoms with Gasteiger partial charge in [0, 0.05) is 5.39 Å². The van der Waals surface area contributed by atoms with Crippen molar-refractivity contribution < 1.29 is 13.9 Å². The minimum atomic E-state index is -1.03. The number of aromatic nitrogens is 2. The zero-order valence-electron chi connectivity index (χ0n) is 9.94. The van der Waals surface area contributed by atoms with Gasteiger partial charge in [-0.15, -0.1) is 0 Å². The summed E-state index contributed by atoms with van der Waals surface area (Å²) in [5.41, 5.74) is 0.364. The number of phenols is 1.